The Morgan fingerprint density at radius 2 is 1.61 bits per heavy atom. The molecule has 0 bridgehead atoms. The molecule has 1 atom stereocenters. The maximum Gasteiger partial charge on any atom is 0.338 e. The lowest BCUT2D eigenvalue weighted by Crippen LogP contribution is -2.31. The van der Waals surface area contributed by atoms with E-state index in [1.807, 2.05) is 30.3 Å². The Hall–Kier alpha value is -4.39. The summed E-state index contributed by atoms with van der Waals surface area (Å²) in [4.78, 5) is 40.1. The van der Waals surface area contributed by atoms with Crippen LogP contribution in [0.15, 0.2) is 90.2 Å². The highest BCUT2D eigenvalue weighted by molar-refractivity contribution is 6.16. The predicted octanol–water partition coefficient (Wildman–Crippen LogP) is 4.97. The molecule has 0 radical (unpaired) electrons. The van der Waals surface area contributed by atoms with Gasteiger partial charge in [-0.3, -0.25) is 14.5 Å². The molecule has 0 fully saturated rings. The Labute approximate surface area is 209 Å². The zero-order valence-electron chi connectivity index (χ0n) is 20.1. The number of Topliss-reactive ketones (excluding diaryl/α,β-unsaturated/α-hetero) is 1. The van der Waals surface area contributed by atoms with Gasteiger partial charge in [0.05, 0.1) is 30.9 Å². The molecule has 1 amide bonds. The molecule has 7 nitrogen and oxygen atoms in total. The molecule has 0 aliphatic carbocycles. The third-order valence-corrected chi connectivity index (χ3v) is 6.08. The average Bonchev–Trinajstić information content (AvgIpc) is 3.18. The number of aliphatic hydroxyl groups is 1. The molecule has 1 heterocycles. The number of rotatable bonds is 9. The molecular weight excluding hydrogens is 458 g/mol. The quantitative estimate of drug-likeness (QED) is 0.430. The van der Waals surface area contributed by atoms with E-state index in [-0.39, 0.29) is 24.4 Å². The van der Waals surface area contributed by atoms with Gasteiger partial charge in [0.1, 0.15) is 5.75 Å². The zero-order valence-corrected chi connectivity index (χ0v) is 20.1. The van der Waals surface area contributed by atoms with Gasteiger partial charge in [-0.2, -0.15) is 0 Å². The van der Waals surface area contributed by atoms with Gasteiger partial charge in [-0.15, -0.1) is 0 Å². The summed E-state index contributed by atoms with van der Waals surface area (Å²) >= 11 is 0. The Kier molecular flexibility index (Phi) is 7.49. The number of esters is 1. The number of ketones is 1. The lowest BCUT2D eigenvalue weighted by Gasteiger charge is -2.27. The molecule has 184 valence electrons. The maximum atomic E-state index is 13.4. The van der Waals surface area contributed by atoms with Gasteiger partial charge >= 0.3 is 5.97 Å². The van der Waals surface area contributed by atoms with Crippen LogP contribution in [0, 0.1) is 0 Å². The number of anilines is 1. The Morgan fingerprint density at radius 1 is 0.944 bits per heavy atom. The van der Waals surface area contributed by atoms with Crippen LogP contribution in [-0.2, 0) is 20.7 Å². The van der Waals surface area contributed by atoms with E-state index in [2.05, 4.69) is 0 Å². The number of carbonyl (C=O) groups is 3. The van der Waals surface area contributed by atoms with Crippen LogP contribution in [-0.4, -0.2) is 36.5 Å². The fraction of sp³-hybridized carbons (Fsp3) is 0.207. The zero-order chi connectivity index (χ0) is 25.7. The smallest absolute Gasteiger partial charge is 0.338 e. The minimum absolute atomic E-state index is 0.0515. The van der Waals surface area contributed by atoms with Crippen molar-refractivity contribution in [3.05, 3.63) is 107 Å². The number of amides is 1. The van der Waals surface area contributed by atoms with Crippen LogP contribution >= 0.6 is 0 Å². The van der Waals surface area contributed by atoms with Crippen molar-refractivity contribution in [2.75, 3.05) is 18.6 Å². The van der Waals surface area contributed by atoms with Crippen molar-refractivity contribution in [3.63, 3.8) is 0 Å². The number of aliphatic hydroxyl groups excluding tert-OH is 1. The second kappa shape index (κ2) is 10.9. The van der Waals surface area contributed by atoms with Gasteiger partial charge in [0.2, 0.25) is 0 Å². The Balaban J connectivity index is 1.70. The van der Waals surface area contributed by atoms with Crippen LogP contribution in [0.25, 0.3) is 0 Å². The second-order valence-corrected chi connectivity index (χ2v) is 8.29. The summed E-state index contributed by atoms with van der Waals surface area (Å²) < 4.78 is 10.3. The van der Waals surface area contributed by atoms with Crippen molar-refractivity contribution in [1.29, 1.82) is 0 Å². The number of ether oxygens (including phenoxy) is 2. The molecule has 3 aromatic carbocycles. The number of methoxy groups -OCH3 is 1. The number of benzene rings is 3. The molecule has 0 saturated carbocycles. The van der Waals surface area contributed by atoms with E-state index < -0.39 is 23.7 Å². The summed E-state index contributed by atoms with van der Waals surface area (Å²) in [5.41, 5.74) is 2.46. The van der Waals surface area contributed by atoms with Crippen molar-refractivity contribution >= 4 is 23.3 Å². The molecule has 4 rings (SSSR count). The van der Waals surface area contributed by atoms with Gasteiger partial charge in [-0.05, 0) is 60.9 Å². The van der Waals surface area contributed by atoms with Crippen LogP contribution in [0.3, 0.4) is 0 Å². The minimum Gasteiger partial charge on any atom is -0.503 e. The number of hydrogen-bond donors (Lipinski definition) is 1. The predicted molar refractivity (Wildman–Crippen MR) is 135 cm³/mol. The molecule has 1 N–H and O–H groups in total. The molecular formula is C29H27NO6. The van der Waals surface area contributed by atoms with Gasteiger partial charge in [0, 0.05) is 12.1 Å². The molecule has 0 saturated heterocycles. The highest BCUT2D eigenvalue weighted by Crippen LogP contribution is 2.41. The lowest BCUT2D eigenvalue weighted by atomic mass is 9.93. The maximum absolute atomic E-state index is 13.4. The molecule has 1 aliphatic rings. The SMILES string of the molecule is CCOC(=O)c1ccc(N2C(=O)C(O)=C(C(=O)CCc3ccccc3)C2c2ccc(OC)cc2)cc1. The van der Waals surface area contributed by atoms with E-state index in [0.717, 1.165) is 5.56 Å². The summed E-state index contributed by atoms with van der Waals surface area (Å²) in [5.74, 6) is -1.40. The van der Waals surface area contributed by atoms with Crippen molar-refractivity contribution < 1.29 is 29.0 Å². The van der Waals surface area contributed by atoms with Crippen LogP contribution in [0.2, 0.25) is 0 Å². The van der Waals surface area contributed by atoms with Gasteiger partial charge in [0.15, 0.2) is 11.5 Å². The Bertz CT molecular complexity index is 1280. The monoisotopic (exact) mass is 485 g/mol. The number of nitrogens with zero attached hydrogens (tertiary/aromatic N) is 1. The first-order valence-corrected chi connectivity index (χ1v) is 11.7. The molecule has 7 heteroatoms. The first-order chi connectivity index (χ1) is 17.4. The normalized spacial score (nSPS) is 15.2. The summed E-state index contributed by atoms with van der Waals surface area (Å²) in [6.45, 7) is 1.97. The summed E-state index contributed by atoms with van der Waals surface area (Å²) in [6, 6.07) is 22.0. The van der Waals surface area contributed by atoms with Gasteiger partial charge in [-0.25, -0.2) is 4.79 Å². The standard InChI is InChI=1S/C29H27NO6/c1-3-36-29(34)21-10-14-22(15-11-21)30-26(20-12-16-23(35-2)17-13-20)25(27(32)28(30)33)24(31)18-9-19-7-5-4-6-8-19/h4-8,10-17,26,32H,3,9,18H2,1-2H3. The fourth-order valence-corrected chi connectivity index (χ4v) is 4.27. The molecule has 36 heavy (non-hydrogen) atoms. The first kappa shape index (κ1) is 24.7. The highest BCUT2D eigenvalue weighted by Gasteiger charge is 2.44. The number of aryl methyl sites for hydroxylation is 1. The van der Waals surface area contributed by atoms with Crippen LogP contribution in [0.5, 0.6) is 5.75 Å². The number of carbonyl (C=O) groups excluding carboxylic acids is 3. The lowest BCUT2D eigenvalue weighted by molar-refractivity contribution is -0.118. The van der Waals surface area contributed by atoms with E-state index >= 15 is 0 Å². The molecule has 3 aromatic rings. The second-order valence-electron chi connectivity index (χ2n) is 8.29. The molecule has 1 aliphatic heterocycles. The van der Waals surface area contributed by atoms with Gasteiger partial charge < -0.3 is 14.6 Å². The number of hydrogen-bond acceptors (Lipinski definition) is 6. The average molecular weight is 486 g/mol. The van der Waals surface area contributed by atoms with Gasteiger partial charge in [-0.1, -0.05) is 42.5 Å². The molecule has 0 aromatic heterocycles. The van der Waals surface area contributed by atoms with Crippen molar-refractivity contribution in [2.45, 2.75) is 25.8 Å². The third-order valence-electron chi connectivity index (χ3n) is 6.08. The van der Waals surface area contributed by atoms with E-state index in [1.54, 1.807) is 62.6 Å². The summed E-state index contributed by atoms with van der Waals surface area (Å²) in [6.07, 6.45) is 0.618. The summed E-state index contributed by atoms with van der Waals surface area (Å²) in [7, 11) is 1.55. The van der Waals surface area contributed by atoms with Crippen LogP contribution in [0.4, 0.5) is 5.69 Å². The van der Waals surface area contributed by atoms with Crippen molar-refractivity contribution in [3.8, 4) is 5.75 Å². The van der Waals surface area contributed by atoms with Crippen molar-refractivity contribution in [2.24, 2.45) is 0 Å². The van der Waals surface area contributed by atoms with E-state index in [0.29, 0.717) is 29.0 Å². The molecule has 1 unspecified atom stereocenters. The highest BCUT2D eigenvalue weighted by atomic mass is 16.5. The van der Waals surface area contributed by atoms with E-state index in [1.165, 1.54) is 4.90 Å². The van der Waals surface area contributed by atoms with E-state index in [9.17, 15) is 19.5 Å². The van der Waals surface area contributed by atoms with Crippen LogP contribution in [0.1, 0.15) is 40.9 Å². The van der Waals surface area contributed by atoms with Crippen LogP contribution < -0.4 is 9.64 Å². The topological polar surface area (TPSA) is 93.1 Å². The first-order valence-electron chi connectivity index (χ1n) is 11.7. The van der Waals surface area contributed by atoms with E-state index in [4.69, 9.17) is 9.47 Å². The fourth-order valence-electron chi connectivity index (χ4n) is 4.27. The molecule has 0 spiro atoms. The van der Waals surface area contributed by atoms with Crippen molar-refractivity contribution in [1.82, 2.24) is 0 Å². The summed E-state index contributed by atoms with van der Waals surface area (Å²) in [5, 5.41) is 10.9. The minimum atomic E-state index is -0.833. The third kappa shape index (κ3) is 5.00. The van der Waals surface area contributed by atoms with Gasteiger partial charge in [0.25, 0.3) is 5.91 Å². The Morgan fingerprint density at radius 3 is 2.22 bits per heavy atom. The largest absolute Gasteiger partial charge is 0.503 e.